The van der Waals surface area contributed by atoms with E-state index in [1.807, 2.05) is 0 Å². The summed E-state index contributed by atoms with van der Waals surface area (Å²) in [5.74, 6) is 1.45. The Kier molecular flexibility index (Phi) is 4.45. The Morgan fingerprint density at radius 2 is 2.18 bits per heavy atom. The van der Waals surface area contributed by atoms with Crippen LogP contribution < -0.4 is 0 Å². The largest absolute Gasteiger partial charge is 0.272 e. The van der Waals surface area contributed by atoms with Gasteiger partial charge in [0.25, 0.3) is 5.91 Å². The molecule has 0 unspecified atom stereocenters. The topological polar surface area (TPSA) is 29.5 Å². The molecule has 3 nitrogen and oxygen atoms in total. The first-order chi connectivity index (χ1) is 8.25. The molecule has 92 valence electrons. The van der Waals surface area contributed by atoms with Crippen LogP contribution in [0.15, 0.2) is 24.3 Å². The van der Waals surface area contributed by atoms with E-state index in [1.54, 1.807) is 11.8 Å². The van der Waals surface area contributed by atoms with Crippen molar-refractivity contribution in [1.29, 1.82) is 0 Å². The van der Waals surface area contributed by atoms with E-state index in [4.69, 9.17) is 4.84 Å². The highest BCUT2D eigenvalue weighted by molar-refractivity contribution is 7.99. The van der Waals surface area contributed by atoms with Crippen LogP contribution in [0.4, 0.5) is 0 Å². The van der Waals surface area contributed by atoms with Crippen molar-refractivity contribution in [3.8, 4) is 0 Å². The molecule has 0 atom stereocenters. The molecule has 1 amide bonds. The Hall–Kier alpha value is -1.00. The number of hydrogen-bond acceptors (Lipinski definition) is 3. The number of benzene rings is 1. The Bertz CT molecular complexity index is 372. The van der Waals surface area contributed by atoms with Crippen LogP contribution in [0.25, 0.3) is 0 Å². The molecular formula is C13H17NO2S. The lowest BCUT2D eigenvalue weighted by Gasteiger charge is -2.13. The standard InChI is InChI=1S/C13H17NO2S/c1-11-3-5-12(6-4-11)9-17-10-13(15)14-7-2-8-16-14/h3-6H,2,7-10H2,1H3. The lowest BCUT2D eigenvalue weighted by molar-refractivity contribution is -0.165. The molecule has 1 aromatic carbocycles. The first-order valence-electron chi connectivity index (χ1n) is 5.82. The predicted molar refractivity (Wildman–Crippen MR) is 69.6 cm³/mol. The summed E-state index contributed by atoms with van der Waals surface area (Å²) >= 11 is 1.64. The zero-order valence-corrected chi connectivity index (χ0v) is 10.8. The highest BCUT2D eigenvalue weighted by atomic mass is 32.2. The second-order valence-electron chi connectivity index (χ2n) is 4.16. The first kappa shape index (κ1) is 12.5. The summed E-state index contributed by atoms with van der Waals surface area (Å²) < 4.78 is 0. The van der Waals surface area contributed by atoms with Crippen molar-refractivity contribution in [1.82, 2.24) is 5.06 Å². The van der Waals surface area contributed by atoms with E-state index in [9.17, 15) is 4.79 Å². The fraction of sp³-hybridized carbons (Fsp3) is 0.462. The quantitative estimate of drug-likeness (QED) is 0.823. The van der Waals surface area contributed by atoms with Crippen molar-refractivity contribution in [3.63, 3.8) is 0 Å². The molecule has 17 heavy (non-hydrogen) atoms. The Labute approximate surface area is 106 Å². The van der Waals surface area contributed by atoms with Gasteiger partial charge in [-0.25, -0.2) is 5.06 Å². The summed E-state index contributed by atoms with van der Waals surface area (Å²) in [6.45, 7) is 3.49. The summed E-state index contributed by atoms with van der Waals surface area (Å²) in [7, 11) is 0. The molecule has 0 bridgehead atoms. The van der Waals surface area contributed by atoms with Gasteiger partial charge in [0.2, 0.25) is 0 Å². The van der Waals surface area contributed by atoms with E-state index in [0.717, 1.165) is 18.7 Å². The van der Waals surface area contributed by atoms with E-state index in [-0.39, 0.29) is 5.91 Å². The third kappa shape index (κ3) is 3.75. The Morgan fingerprint density at radius 3 is 2.82 bits per heavy atom. The molecule has 1 aliphatic rings. The van der Waals surface area contributed by atoms with Gasteiger partial charge in [-0.3, -0.25) is 9.63 Å². The zero-order chi connectivity index (χ0) is 12.1. The molecule has 0 N–H and O–H groups in total. The molecule has 0 aromatic heterocycles. The van der Waals surface area contributed by atoms with Crippen molar-refractivity contribution in [2.75, 3.05) is 18.9 Å². The van der Waals surface area contributed by atoms with Crippen LogP contribution >= 0.6 is 11.8 Å². The summed E-state index contributed by atoms with van der Waals surface area (Å²) in [6.07, 6.45) is 0.953. The summed E-state index contributed by atoms with van der Waals surface area (Å²) in [5, 5.41) is 1.49. The van der Waals surface area contributed by atoms with Crippen LogP contribution in [0, 0.1) is 6.92 Å². The molecule has 0 radical (unpaired) electrons. The second kappa shape index (κ2) is 6.07. The third-order valence-electron chi connectivity index (χ3n) is 2.65. The maximum absolute atomic E-state index is 11.7. The van der Waals surface area contributed by atoms with Crippen LogP contribution in [-0.4, -0.2) is 29.9 Å². The molecule has 2 rings (SSSR count). The van der Waals surface area contributed by atoms with E-state index >= 15 is 0 Å². The molecule has 1 aromatic rings. The highest BCUT2D eigenvalue weighted by Gasteiger charge is 2.18. The summed E-state index contributed by atoms with van der Waals surface area (Å²) in [4.78, 5) is 16.9. The smallest absolute Gasteiger partial charge is 0.256 e. The molecule has 1 aliphatic heterocycles. The maximum Gasteiger partial charge on any atom is 0.256 e. The number of amides is 1. The van der Waals surface area contributed by atoms with E-state index in [1.165, 1.54) is 16.2 Å². The van der Waals surface area contributed by atoms with Crippen molar-refractivity contribution in [2.45, 2.75) is 19.1 Å². The molecule has 0 spiro atoms. The lowest BCUT2D eigenvalue weighted by Crippen LogP contribution is -2.28. The van der Waals surface area contributed by atoms with E-state index < -0.39 is 0 Å². The van der Waals surface area contributed by atoms with Crippen LogP contribution in [0.5, 0.6) is 0 Å². The molecule has 0 saturated carbocycles. The minimum atomic E-state index is 0.0830. The van der Waals surface area contributed by atoms with Gasteiger partial charge in [-0.1, -0.05) is 29.8 Å². The molecule has 1 fully saturated rings. The molecule has 4 heteroatoms. The number of nitrogens with zero attached hydrogens (tertiary/aromatic N) is 1. The minimum Gasteiger partial charge on any atom is -0.272 e. The van der Waals surface area contributed by atoms with Crippen molar-refractivity contribution >= 4 is 17.7 Å². The van der Waals surface area contributed by atoms with Gasteiger partial charge in [-0.05, 0) is 18.9 Å². The van der Waals surface area contributed by atoms with Gasteiger partial charge in [0.1, 0.15) is 0 Å². The zero-order valence-electron chi connectivity index (χ0n) is 10.0. The fourth-order valence-corrected chi connectivity index (χ4v) is 2.51. The van der Waals surface area contributed by atoms with Crippen molar-refractivity contribution in [3.05, 3.63) is 35.4 Å². The van der Waals surface area contributed by atoms with Gasteiger partial charge in [-0.2, -0.15) is 0 Å². The van der Waals surface area contributed by atoms with Crippen LogP contribution in [0.1, 0.15) is 17.5 Å². The third-order valence-corrected chi connectivity index (χ3v) is 3.63. The number of hydrogen-bond donors (Lipinski definition) is 0. The SMILES string of the molecule is Cc1ccc(CSCC(=O)N2CCCO2)cc1. The monoisotopic (exact) mass is 251 g/mol. The molecule has 1 heterocycles. The van der Waals surface area contributed by atoms with Crippen molar-refractivity contribution in [2.24, 2.45) is 0 Å². The number of thioether (sulfide) groups is 1. The number of carbonyl (C=O) groups excluding carboxylic acids is 1. The van der Waals surface area contributed by atoms with Crippen molar-refractivity contribution < 1.29 is 9.63 Å². The summed E-state index contributed by atoms with van der Waals surface area (Å²) in [5.41, 5.74) is 2.52. The van der Waals surface area contributed by atoms with Gasteiger partial charge in [0.15, 0.2) is 0 Å². The van der Waals surface area contributed by atoms with Crippen LogP contribution in [0.3, 0.4) is 0 Å². The van der Waals surface area contributed by atoms with Gasteiger partial charge in [0.05, 0.1) is 18.9 Å². The number of rotatable bonds is 4. The maximum atomic E-state index is 11.7. The van der Waals surface area contributed by atoms with Gasteiger partial charge >= 0.3 is 0 Å². The van der Waals surface area contributed by atoms with Gasteiger partial charge in [0, 0.05) is 5.75 Å². The van der Waals surface area contributed by atoms with E-state index in [2.05, 4.69) is 31.2 Å². The molecule has 1 saturated heterocycles. The minimum absolute atomic E-state index is 0.0830. The second-order valence-corrected chi connectivity index (χ2v) is 5.15. The fourth-order valence-electron chi connectivity index (χ4n) is 1.66. The molecule has 0 aliphatic carbocycles. The average molecular weight is 251 g/mol. The Balaban J connectivity index is 1.72. The number of hydroxylamine groups is 2. The Morgan fingerprint density at radius 1 is 1.41 bits per heavy atom. The number of carbonyl (C=O) groups is 1. The number of aryl methyl sites for hydroxylation is 1. The normalized spacial score (nSPS) is 15.2. The first-order valence-corrected chi connectivity index (χ1v) is 6.98. The highest BCUT2D eigenvalue weighted by Crippen LogP contribution is 2.15. The van der Waals surface area contributed by atoms with Gasteiger partial charge < -0.3 is 0 Å². The predicted octanol–water partition coefficient (Wildman–Crippen LogP) is 2.39. The van der Waals surface area contributed by atoms with Crippen LogP contribution in [0.2, 0.25) is 0 Å². The lowest BCUT2D eigenvalue weighted by atomic mass is 10.2. The average Bonchev–Trinajstić information content (AvgIpc) is 2.85. The van der Waals surface area contributed by atoms with E-state index in [0.29, 0.717) is 12.4 Å². The summed E-state index contributed by atoms with van der Waals surface area (Å²) in [6, 6.07) is 8.42. The van der Waals surface area contributed by atoms with Crippen LogP contribution in [-0.2, 0) is 15.4 Å². The molecular weight excluding hydrogens is 234 g/mol. The van der Waals surface area contributed by atoms with Gasteiger partial charge in [-0.15, -0.1) is 11.8 Å².